The van der Waals surface area contributed by atoms with Gasteiger partial charge >= 0.3 is 12.1 Å². The summed E-state index contributed by atoms with van der Waals surface area (Å²) in [6.07, 6.45) is 2.05. The molecule has 2 aliphatic heterocycles. The monoisotopic (exact) mass is 485 g/mol. The Labute approximate surface area is 209 Å². The molecule has 2 aromatic carbocycles. The first kappa shape index (κ1) is 23.3. The van der Waals surface area contributed by atoms with Crippen LogP contribution in [0.5, 0.6) is 0 Å². The molecule has 0 radical (unpaired) electrons. The number of carbonyl (C=O) groups is 3. The average Bonchev–Trinajstić information content (AvgIpc) is 3.44. The number of nitrogens with zero attached hydrogens (tertiary/aromatic N) is 4. The molecule has 184 valence electrons. The maximum Gasteiger partial charge on any atom is 0.414 e. The summed E-state index contributed by atoms with van der Waals surface area (Å²) in [5.74, 6) is 0.0828. The number of cyclic esters (lactones) is 1. The first-order valence-electron chi connectivity index (χ1n) is 11.9. The molecule has 2 N–H and O–H groups in total. The van der Waals surface area contributed by atoms with Crippen LogP contribution in [-0.4, -0.2) is 48.8 Å². The first-order valence-corrected chi connectivity index (χ1v) is 11.9. The number of aromatic nitrogens is 1. The highest BCUT2D eigenvalue weighted by Gasteiger charge is 2.34. The SMILES string of the molecule is CCc1c(-c2ccc(N3C(=O)OC[C@@H]3C)cc2)ccnc1N1CCN(c2cccc(C(N)=O)c2)C1=O. The van der Waals surface area contributed by atoms with E-state index in [1.165, 1.54) is 0 Å². The van der Waals surface area contributed by atoms with Gasteiger partial charge in [0.1, 0.15) is 12.4 Å². The molecule has 0 saturated carbocycles. The van der Waals surface area contributed by atoms with Crippen LogP contribution in [0, 0.1) is 0 Å². The molecule has 36 heavy (non-hydrogen) atoms. The molecule has 3 aromatic rings. The minimum Gasteiger partial charge on any atom is -0.447 e. The highest BCUT2D eigenvalue weighted by molar-refractivity contribution is 6.07. The second kappa shape index (κ2) is 9.33. The van der Waals surface area contributed by atoms with E-state index in [9.17, 15) is 14.4 Å². The summed E-state index contributed by atoms with van der Waals surface area (Å²) in [6.45, 7) is 5.30. The van der Waals surface area contributed by atoms with Crippen molar-refractivity contribution in [2.75, 3.05) is 34.4 Å². The van der Waals surface area contributed by atoms with Crippen molar-refractivity contribution in [3.63, 3.8) is 0 Å². The van der Waals surface area contributed by atoms with Gasteiger partial charge in [0.2, 0.25) is 5.91 Å². The van der Waals surface area contributed by atoms with Gasteiger partial charge in [-0.05, 0) is 60.9 Å². The zero-order chi connectivity index (χ0) is 25.4. The summed E-state index contributed by atoms with van der Waals surface area (Å²) in [5, 5.41) is 0. The van der Waals surface area contributed by atoms with Crippen molar-refractivity contribution in [2.24, 2.45) is 5.73 Å². The van der Waals surface area contributed by atoms with Gasteiger partial charge in [-0.3, -0.25) is 19.5 Å². The van der Waals surface area contributed by atoms with E-state index in [-0.39, 0.29) is 18.2 Å². The molecule has 2 saturated heterocycles. The molecule has 0 spiro atoms. The molecule has 9 nitrogen and oxygen atoms in total. The number of rotatable bonds is 6. The van der Waals surface area contributed by atoms with Gasteiger partial charge in [-0.25, -0.2) is 14.6 Å². The maximum atomic E-state index is 13.4. The Morgan fingerprint density at radius 1 is 1.06 bits per heavy atom. The standard InChI is InChI=1S/C27H27N5O4/c1-3-22-23(18-7-9-20(10-8-18)32-17(2)16-36-27(32)35)11-12-29-25(22)31-14-13-30(26(31)34)21-6-4-5-19(15-21)24(28)33/h4-12,15,17H,3,13-14,16H2,1-2H3,(H2,28,33)/t17-/m0/s1. The van der Waals surface area contributed by atoms with E-state index < -0.39 is 5.91 Å². The van der Waals surface area contributed by atoms with E-state index in [1.54, 1.807) is 45.2 Å². The summed E-state index contributed by atoms with van der Waals surface area (Å²) >= 11 is 0. The molecular formula is C27H27N5O4. The lowest BCUT2D eigenvalue weighted by Crippen LogP contribution is -2.33. The second-order valence-electron chi connectivity index (χ2n) is 8.86. The van der Waals surface area contributed by atoms with Crippen LogP contribution in [0.4, 0.5) is 26.8 Å². The zero-order valence-electron chi connectivity index (χ0n) is 20.2. The lowest BCUT2D eigenvalue weighted by Gasteiger charge is -2.22. The minimum absolute atomic E-state index is 0.0186. The third-order valence-electron chi connectivity index (χ3n) is 6.64. The molecule has 0 bridgehead atoms. The number of amides is 4. The second-order valence-corrected chi connectivity index (χ2v) is 8.86. The third-order valence-corrected chi connectivity index (χ3v) is 6.64. The number of hydrogen-bond donors (Lipinski definition) is 1. The van der Waals surface area contributed by atoms with Gasteiger partial charge in [-0.1, -0.05) is 25.1 Å². The van der Waals surface area contributed by atoms with E-state index in [4.69, 9.17) is 10.5 Å². The molecule has 5 rings (SSSR count). The Morgan fingerprint density at radius 3 is 2.47 bits per heavy atom. The number of urea groups is 1. The topological polar surface area (TPSA) is 109 Å². The number of ether oxygens (including phenoxy) is 1. The van der Waals surface area contributed by atoms with Crippen LogP contribution in [0.2, 0.25) is 0 Å². The average molecular weight is 486 g/mol. The Hall–Kier alpha value is -4.40. The normalized spacial score (nSPS) is 17.6. The molecule has 0 aliphatic carbocycles. The van der Waals surface area contributed by atoms with E-state index in [2.05, 4.69) is 4.98 Å². The van der Waals surface area contributed by atoms with Crippen LogP contribution in [0.15, 0.2) is 60.8 Å². The first-order chi connectivity index (χ1) is 17.4. The molecule has 2 fully saturated rings. The van der Waals surface area contributed by atoms with Crippen molar-refractivity contribution >= 4 is 35.2 Å². The van der Waals surface area contributed by atoms with E-state index in [0.717, 1.165) is 22.4 Å². The highest BCUT2D eigenvalue weighted by atomic mass is 16.6. The molecule has 2 aliphatic rings. The van der Waals surface area contributed by atoms with E-state index in [0.29, 0.717) is 43.2 Å². The number of hydrogen-bond acceptors (Lipinski definition) is 5. The number of benzene rings is 2. The molecular weight excluding hydrogens is 458 g/mol. The molecule has 3 heterocycles. The van der Waals surface area contributed by atoms with Crippen molar-refractivity contribution in [3.8, 4) is 11.1 Å². The molecule has 4 amide bonds. The van der Waals surface area contributed by atoms with Crippen molar-refractivity contribution in [3.05, 3.63) is 71.9 Å². The predicted octanol–water partition coefficient (Wildman–Crippen LogP) is 4.20. The molecule has 0 unspecified atom stereocenters. The number of pyridine rings is 1. The Bertz CT molecular complexity index is 1340. The molecule has 1 aromatic heterocycles. The summed E-state index contributed by atoms with van der Waals surface area (Å²) in [6, 6.07) is 16.2. The van der Waals surface area contributed by atoms with Crippen molar-refractivity contribution in [2.45, 2.75) is 26.3 Å². The van der Waals surface area contributed by atoms with Crippen LogP contribution < -0.4 is 20.4 Å². The Kier molecular flexibility index (Phi) is 6.05. The van der Waals surface area contributed by atoms with E-state index >= 15 is 0 Å². The Morgan fingerprint density at radius 2 is 1.81 bits per heavy atom. The van der Waals surface area contributed by atoms with Crippen LogP contribution in [-0.2, 0) is 11.2 Å². The van der Waals surface area contributed by atoms with Gasteiger partial charge in [0, 0.05) is 41.8 Å². The van der Waals surface area contributed by atoms with Gasteiger partial charge in [-0.15, -0.1) is 0 Å². The number of nitrogens with two attached hydrogens (primary N) is 1. The van der Waals surface area contributed by atoms with Gasteiger partial charge in [-0.2, -0.15) is 0 Å². The quantitative estimate of drug-likeness (QED) is 0.563. The number of primary amides is 1. The minimum atomic E-state index is -0.537. The van der Waals surface area contributed by atoms with E-state index in [1.807, 2.05) is 44.2 Å². The molecule has 1 atom stereocenters. The number of carbonyl (C=O) groups excluding carboxylic acids is 3. The van der Waals surface area contributed by atoms with Gasteiger partial charge < -0.3 is 10.5 Å². The largest absolute Gasteiger partial charge is 0.447 e. The van der Waals surface area contributed by atoms with Crippen molar-refractivity contribution < 1.29 is 19.1 Å². The number of anilines is 3. The third kappa shape index (κ3) is 4.02. The Balaban J connectivity index is 1.44. The summed E-state index contributed by atoms with van der Waals surface area (Å²) in [4.78, 5) is 46.6. The summed E-state index contributed by atoms with van der Waals surface area (Å²) in [5.41, 5.74) is 10.1. The van der Waals surface area contributed by atoms with Gasteiger partial charge in [0.05, 0.1) is 6.04 Å². The van der Waals surface area contributed by atoms with Crippen LogP contribution in [0.1, 0.15) is 29.8 Å². The fourth-order valence-electron chi connectivity index (χ4n) is 4.81. The summed E-state index contributed by atoms with van der Waals surface area (Å²) < 4.78 is 5.14. The van der Waals surface area contributed by atoms with Crippen molar-refractivity contribution in [1.82, 2.24) is 4.98 Å². The van der Waals surface area contributed by atoms with Gasteiger partial charge in [0.15, 0.2) is 0 Å². The maximum absolute atomic E-state index is 13.4. The lowest BCUT2D eigenvalue weighted by molar-refractivity contribution is 0.1000. The highest BCUT2D eigenvalue weighted by Crippen LogP contribution is 2.34. The zero-order valence-corrected chi connectivity index (χ0v) is 20.2. The van der Waals surface area contributed by atoms with Crippen LogP contribution in [0.3, 0.4) is 0 Å². The summed E-state index contributed by atoms with van der Waals surface area (Å²) in [7, 11) is 0. The fourth-order valence-corrected chi connectivity index (χ4v) is 4.81. The predicted molar refractivity (Wildman–Crippen MR) is 137 cm³/mol. The fraction of sp³-hybridized carbons (Fsp3) is 0.259. The molecule has 9 heteroatoms. The smallest absolute Gasteiger partial charge is 0.414 e. The lowest BCUT2D eigenvalue weighted by atomic mass is 9.98. The van der Waals surface area contributed by atoms with Crippen molar-refractivity contribution in [1.29, 1.82) is 0 Å². The van der Waals surface area contributed by atoms with Crippen LogP contribution in [0.25, 0.3) is 11.1 Å². The van der Waals surface area contributed by atoms with Crippen LogP contribution >= 0.6 is 0 Å². The van der Waals surface area contributed by atoms with Gasteiger partial charge in [0.25, 0.3) is 0 Å².